The van der Waals surface area contributed by atoms with E-state index in [1.165, 1.54) is 16.7 Å². The van der Waals surface area contributed by atoms with Crippen molar-refractivity contribution >= 4 is 11.6 Å². The summed E-state index contributed by atoms with van der Waals surface area (Å²) in [5, 5.41) is 2.97. The predicted molar refractivity (Wildman–Crippen MR) is 96.9 cm³/mol. The second-order valence-corrected chi connectivity index (χ2v) is 6.03. The van der Waals surface area contributed by atoms with Crippen LogP contribution in [0.3, 0.4) is 0 Å². The van der Waals surface area contributed by atoms with Crippen LogP contribution < -0.4 is 5.32 Å². The maximum atomic E-state index is 11.7. The Morgan fingerprint density at radius 1 is 1.12 bits per heavy atom. The molecule has 0 aliphatic carbocycles. The Kier molecular flexibility index (Phi) is 5.62. The number of hydrogen-bond donors (Lipinski definition) is 1. The summed E-state index contributed by atoms with van der Waals surface area (Å²) in [5.74, 6) is 0.0415. The van der Waals surface area contributed by atoms with Crippen LogP contribution in [0.5, 0.6) is 0 Å². The van der Waals surface area contributed by atoms with Gasteiger partial charge >= 0.3 is 0 Å². The lowest BCUT2D eigenvalue weighted by Gasteiger charge is -2.27. The van der Waals surface area contributed by atoms with Crippen LogP contribution in [0.4, 0.5) is 5.69 Å². The molecule has 4 heteroatoms. The Bertz CT molecular complexity index is 679. The van der Waals surface area contributed by atoms with Crippen molar-refractivity contribution in [2.75, 3.05) is 31.6 Å². The molecule has 0 atom stereocenters. The molecule has 1 aliphatic heterocycles. The maximum absolute atomic E-state index is 11.7. The highest BCUT2D eigenvalue weighted by Crippen LogP contribution is 2.28. The molecule has 0 saturated carbocycles. The van der Waals surface area contributed by atoms with Gasteiger partial charge in [-0.05, 0) is 28.8 Å². The molecule has 1 aliphatic rings. The zero-order valence-electron chi connectivity index (χ0n) is 14.1. The van der Waals surface area contributed by atoms with Gasteiger partial charge in [-0.2, -0.15) is 0 Å². The number of ether oxygens (including phenoxy) is 1. The molecule has 2 aromatic rings. The van der Waals surface area contributed by atoms with Gasteiger partial charge in [0.05, 0.1) is 13.2 Å². The fourth-order valence-electron chi connectivity index (χ4n) is 2.95. The van der Waals surface area contributed by atoms with Gasteiger partial charge in [0.15, 0.2) is 0 Å². The molecule has 0 aromatic heterocycles. The summed E-state index contributed by atoms with van der Waals surface area (Å²) in [6.07, 6.45) is 0.485. The van der Waals surface area contributed by atoms with E-state index < -0.39 is 0 Å². The fraction of sp³-hybridized carbons (Fsp3) is 0.350. The topological polar surface area (TPSA) is 41.6 Å². The number of rotatable bonds is 5. The summed E-state index contributed by atoms with van der Waals surface area (Å²) in [6.45, 7) is 6.19. The summed E-state index contributed by atoms with van der Waals surface area (Å²) in [5.41, 5.74) is 4.52. The van der Waals surface area contributed by atoms with Gasteiger partial charge in [0.25, 0.3) is 0 Å². The molecule has 0 radical (unpaired) electrons. The molecular weight excluding hydrogens is 300 g/mol. The van der Waals surface area contributed by atoms with Crippen molar-refractivity contribution in [1.82, 2.24) is 4.90 Å². The van der Waals surface area contributed by atoms with Crippen LogP contribution in [-0.2, 0) is 16.1 Å². The first-order chi connectivity index (χ1) is 11.8. The van der Waals surface area contributed by atoms with Crippen LogP contribution in [0.1, 0.15) is 18.9 Å². The predicted octanol–water partition coefficient (Wildman–Crippen LogP) is 3.53. The van der Waals surface area contributed by atoms with Crippen molar-refractivity contribution in [3.8, 4) is 11.1 Å². The number of benzene rings is 2. The van der Waals surface area contributed by atoms with Crippen molar-refractivity contribution in [2.45, 2.75) is 19.9 Å². The lowest BCUT2D eigenvalue weighted by atomic mass is 9.98. The third-order valence-electron chi connectivity index (χ3n) is 4.29. The van der Waals surface area contributed by atoms with Crippen molar-refractivity contribution in [3.05, 3.63) is 54.1 Å². The zero-order valence-corrected chi connectivity index (χ0v) is 14.1. The normalized spacial score (nSPS) is 15.2. The number of nitrogens with one attached hydrogen (secondary N) is 1. The van der Waals surface area contributed by atoms with E-state index >= 15 is 0 Å². The molecule has 4 nitrogen and oxygen atoms in total. The smallest absolute Gasteiger partial charge is 0.224 e. The highest BCUT2D eigenvalue weighted by Gasteiger charge is 2.14. The Hall–Kier alpha value is -2.17. The van der Waals surface area contributed by atoms with Crippen LogP contribution in [-0.4, -0.2) is 37.1 Å². The number of carbonyl (C=O) groups excluding carboxylic acids is 1. The van der Waals surface area contributed by atoms with Gasteiger partial charge in [-0.1, -0.05) is 43.3 Å². The number of carbonyl (C=O) groups is 1. The molecule has 0 bridgehead atoms. The minimum atomic E-state index is 0.0415. The Balaban J connectivity index is 1.90. The van der Waals surface area contributed by atoms with Crippen LogP contribution in [0.2, 0.25) is 0 Å². The molecule has 1 saturated heterocycles. The number of amides is 1. The molecule has 126 valence electrons. The lowest BCUT2D eigenvalue weighted by Crippen LogP contribution is -2.35. The van der Waals surface area contributed by atoms with Crippen molar-refractivity contribution < 1.29 is 9.53 Å². The van der Waals surface area contributed by atoms with Gasteiger partial charge in [0.2, 0.25) is 5.91 Å². The highest BCUT2D eigenvalue weighted by molar-refractivity contribution is 5.91. The van der Waals surface area contributed by atoms with Crippen LogP contribution >= 0.6 is 0 Å². The van der Waals surface area contributed by atoms with Crippen molar-refractivity contribution in [3.63, 3.8) is 0 Å². The molecule has 3 rings (SSSR count). The molecule has 2 aromatic carbocycles. The summed E-state index contributed by atoms with van der Waals surface area (Å²) in [4.78, 5) is 14.1. The van der Waals surface area contributed by atoms with E-state index in [4.69, 9.17) is 4.74 Å². The van der Waals surface area contributed by atoms with Gasteiger partial charge in [-0.25, -0.2) is 0 Å². The van der Waals surface area contributed by atoms with Gasteiger partial charge in [-0.3, -0.25) is 9.69 Å². The van der Waals surface area contributed by atoms with Gasteiger partial charge in [-0.15, -0.1) is 0 Å². The first kappa shape index (κ1) is 16.7. The average molecular weight is 324 g/mol. The number of anilines is 1. The van der Waals surface area contributed by atoms with E-state index in [2.05, 4.69) is 46.6 Å². The fourth-order valence-corrected chi connectivity index (χ4v) is 2.95. The van der Waals surface area contributed by atoms with E-state index in [1.54, 1.807) is 0 Å². The standard InChI is InChI=1S/C20H24N2O2/c1-2-20(23)21-18-8-9-19(16-6-4-3-5-7-16)17(14-18)15-22-10-12-24-13-11-22/h3-9,14H,2,10-13,15H2,1H3,(H,21,23). The van der Waals surface area contributed by atoms with Crippen LogP contribution in [0.15, 0.2) is 48.5 Å². The SMILES string of the molecule is CCC(=O)Nc1ccc(-c2ccccc2)c(CN2CCOCC2)c1. The number of hydrogen-bond acceptors (Lipinski definition) is 3. The van der Waals surface area contributed by atoms with E-state index in [9.17, 15) is 4.79 Å². The number of nitrogens with zero attached hydrogens (tertiary/aromatic N) is 1. The molecule has 1 N–H and O–H groups in total. The zero-order chi connectivity index (χ0) is 16.8. The Morgan fingerprint density at radius 3 is 2.58 bits per heavy atom. The Morgan fingerprint density at radius 2 is 1.88 bits per heavy atom. The summed E-state index contributed by atoms with van der Waals surface area (Å²) in [7, 11) is 0. The molecule has 24 heavy (non-hydrogen) atoms. The average Bonchev–Trinajstić information content (AvgIpc) is 2.63. The van der Waals surface area contributed by atoms with Crippen LogP contribution in [0.25, 0.3) is 11.1 Å². The molecular formula is C20H24N2O2. The minimum Gasteiger partial charge on any atom is -0.379 e. The summed E-state index contributed by atoms with van der Waals surface area (Å²) in [6, 6.07) is 16.6. The monoisotopic (exact) mass is 324 g/mol. The van der Waals surface area contributed by atoms with Crippen LogP contribution in [0, 0.1) is 0 Å². The lowest BCUT2D eigenvalue weighted by molar-refractivity contribution is -0.115. The Labute approximate surface area is 143 Å². The van der Waals surface area contributed by atoms with Crippen molar-refractivity contribution in [1.29, 1.82) is 0 Å². The van der Waals surface area contributed by atoms with Gasteiger partial charge in [0, 0.05) is 31.7 Å². The van der Waals surface area contributed by atoms with Gasteiger partial charge < -0.3 is 10.1 Å². The molecule has 0 spiro atoms. The molecule has 1 fully saturated rings. The molecule has 1 amide bonds. The largest absolute Gasteiger partial charge is 0.379 e. The first-order valence-corrected chi connectivity index (χ1v) is 8.54. The quantitative estimate of drug-likeness (QED) is 0.915. The number of morpholine rings is 1. The van der Waals surface area contributed by atoms with E-state index in [-0.39, 0.29) is 5.91 Å². The van der Waals surface area contributed by atoms with Crippen molar-refractivity contribution in [2.24, 2.45) is 0 Å². The second kappa shape index (κ2) is 8.08. The highest BCUT2D eigenvalue weighted by atomic mass is 16.5. The first-order valence-electron chi connectivity index (χ1n) is 8.54. The van der Waals surface area contributed by atoms with E-state index in [0.717, 1.165) is 38.5 Å². The third-order valence-corrected chi connectivity index (χ3v) is 4.29. The summed E-state index contributed by atoms with van der Waals surface area (Å²) < 4.78 is 5.44. The molecule has 0 unspecified atom stereocenters. The minimum absolute atomic E-state index is 0.0415. The summed E-state index contributed by atoms with van der Waals surface area (Å²) >= 11 is 0. The molecule has 1 heterocycles. The maximum Gasteiger partial charge on any atom is 0.224 e. The van der Waals surface area contributed by atoms with E-state index in [1.807, 2.05) is 19.1 Å². The third kappa shape index (κ3) is 4.22. The second-order valence-electron chi connectivity index (χ2n) is 6.03. The van der Waals surface area contributed by atoms with Gasteiger partial charge in [0.1, 0.15) is 0 Å². The van der Waals surface area contributed by atoms with E-state index in [0.29, 0.717) is 6.42 Å².